The van der Waals surface area contributed by atoms with Crippen LogP contribution >= 0.6 is 24.0 Å². The van der Waals surface area contributed by atoms with Crippen LogP contribution in [0.3, 0.4) is 0 Å². The number of halogens is 1. The van der Waals surface area contributed by atoms with Crippen molar-refractivity contribution in [2.45, 2.75) is 46.3 Å². The van der Waals surface area contributed by atoms with E-state index in [2.05, 4.69) is 15.6 Å². The fraction of sp³-hybridized carbons (Fsp3) is 0.833. The summed E-state index contributed by atoms with van der Waals surface area (Å²) >= 11 is 0. The zero-order valence-electron chi connectivity index (χ0n) is 12.6. The van der Waals surface area contributed by atoms with Gasteiger partial charge in [0, 0.05) is 13.6 Å². The summed E-state index contributed by atoms with van der Waals surface area (Å²) in [5.74, 6) is 0.612. The highest BCUT2D eigenvalue weighted by Crippen LogP contribution is 2.08. The molecule has 0 aromatic rings. The Bertz CT molecular complexity index is 301. The number of aliphatic imine (C=N–C) groups is 1. The van der Waals surface area contributed by atoms with Gasteiger partial charge in [0.15, 0.2) is 5.96 Å². The molecule has 0 aromatic heterocycles. The van der Waals surface area contributed by atoms with Crippen LogP contribution in [-0.4, -0.2) is 37.3 Å². The molecule has 1 amide bonds. The van der Waals surface area contributed by atoms with Gasteiger partial charge in [-0.25, -0.2) is 4.79 Å². The molecular weight excluding hydrogens is 359 g/mol. The number of nitrogens with one attached hydrogen (secondary N) is 2. The normalized spacial score (nSPS) is 13.5. The Labute approximate surface area is 133 Å². The molecule has 0 rings (SSSR count). The summed E-state index contributed by atoms with van der Waals surface area (Å²) in [5.41, 5.74) is 5.05. The first-order valence-corrected chi connectivity index (χ1v) is 6.11. The van der Waals surface area contributed by atoms with Gasteiger partial charge in [-0.3, -0.25) is 4.99 Å². The van der Waals surface area contributed by atoms with Crippen molar-refractivity contribution in [2.24, 2.45) is 16.6 Å². The van der Waals surface area contributed by atoms with Crippen LogP contribution in [0.25, 0.3) is 0 Å². The van der Waals surface area contributed by atoms with Gasteiger partial charge >= 0.3 is 6.09 Å². The van der Waals surface area contributed by atoms with Crippen molar-refractivity contribution in [3.63, 3.8) is 0 Å². The largest absolute Gasteiger partial charge is 0.444 e. The summed E-state index contributed by atoms with van der Waals surface area (Å²) in [5, 5.41) is 5.76. The van der Waals surface area contributed by atoms with E-state index in [1.807, 2.05) is 34.6 Å². The molecule has 0 radical (unpaired) electrons. The van der Waals surface area contributed by atoms with Crippen LogP contribution in [0, 0.1) is 5.92 Å². The fourth-order valence-electron chi connectivity index (χ4n) is 1.21. The van der Waals surface area contributed by atoms with Gasteiger partial charge in [0.25, 0.3) is 0 Å². The lowest BCUT2D eigenvalue weighted by molar-refractivity contribution is 0.0491. The Balaban J connectivity index is 0. The van der Waals surface area contributed by atoms with Gasteiger partial charge in [-0.1, -0.05) is 13.8 Å². The minimum absolute atomic E-state index is 0. The molecule has 6 nitrogen and oxygen atoms in total. The third-order valence-electron chi connectivity index (χ3n) is 2.25. The van der Waals surface area contributed by atoms with Gasteiger partial charge in [-0.15, -0.1) is 24.0 Å². The number of nitrogens with two attached hydrogens (primary N) is 1. The van der Waals surface area contributed by atoms with E-state index in [9.17, 15) is 4.79 Å². The number of carbonyl (C=O) groups excluding carboxylic acids is 1. The van der Waals surface area contributed by atoms with Gasteiger partial charge in [0.1, 0.15) is 5.60 Å². The first-order valence-electron chi connectivity index (χ1n) is 6.11. The van der Waals surface area contributed by atoms with Gasteiger partial charge in [-0.05, 0) is 26.7 Å². The van der Waals surface area contributed by atoms with E-state index >= 15 is 0 Å². The average Bonchev–Trinajstić information content (AvgIpc) is 2.20. The lowest BCUT2D eigenvalue weighted by Crippen LogP contribution is -2.49. The van der Waals surface area contributed by atoms with E-state index in [1.165, 1.54) is 0 Å². The zero-order valence-corrected chi connectivity index (χ0v) is 14.9. The van der Waals surface area contributed by atoms with Crippen molar-refractivity contribution >= 4 is 36.0 Å². The Kier molecular flexibility index (Phi) is 9.99. The summed E-state index contributed by atoms with van der Waals surface area (Å²) < 4.78 is 5.21. The van der Waals surface area contributed by atoms with E-state index in [0.29, 0.717) is 12.5 Å². The highest BCUT2D eigenvalue weighted by atomic mass is 127. The second-order valence-corrected chi connectivity index (χ2v) is 5.49. The van der Waals surface area contributed by atoms with Crippen molar-refractivity contribution in [2.75, 3.05) is 13.6 Å². The van der Waals surface area contributed by atoms with Crippen LogP contribution in [0.15, 0.2) is 4.99 Å². The zero-order chi connectivity index (χ0) is 14.3. The molecule has 0 spiro atoms. The molecule has 0 aliphatic carbocycles. The Hall–Kier alpha value is -0.730. The fourth-order valence-corrected chi connectivity index (χ4v) is 1.21. The monoisotopic (exact) mass is 386 g/mol. The minimum Gasteiger partial charge on any atom is -0.444 e. The molecule has 0 saturated carbocycles. The van der Waals surface area contributed by atoms with E-state index in [0.717, 1.165) is 0 Å². The van der Waals surface area contributed by atoms with Crippen molar-refractivity contribution in [1.29, 1.82) is 0 Å². The molecule has 0 saturated heterocycles. The topological polar surface area (TPSA) is 88.7 Å². The first-order chi connectivity index (χ1) is 8.15. The summed E-state index contributed by atoms with van der Waals surface area (Å²) in [6.45, 7) is 10.0. The molecule has 1 unspecified atom stereocenters. The maximum absolute atomic E-state index is 11.7. The van der Waals surface area contributed by atoms with Gasteiger partial charge < -0.3 is 21.1 Å². The predicted octanol–water partition coefficient (Wildman–Crippen LogP) is 1.69. The van der Waals surface area contributed by atoms with Crippen LogP contribution in [0.5, 0.6) is 0 Å². The number of nitrogens with zero attached hydrogens (tertiary/aromatic N) is 1. The van der Waals surface area contributed by atoms with E-state index in [1.54, 1.807) is 7.05 Å². The Morgan fingerprint density at radius 1 is 1.37 bits per heavy atom. The number of rotatable bonds is 4. The lowest BCUT2D eigenvalue weighted by atomic mass is 10.0. The molecule has 114 valence electrons. The number of alkyl carbamates (subject to hydrolysis) is 1. The first kappa shape index (κ1) is 20.6. The maximum atomic E-state index is 11.7. The number of hydrogen-bond acceptors (Lipinski definition) is 3. The number of ether oxygens (including phenoxy) is 1. The third kappa shape index (κ3) is 10.8. The van der Waals surface area contributed by atoms with Crippen LogP contribution in [0.2, 0.25) is 0 Å². The van der Waals surface area contributed by atoms with Crippen molar-refractivity contribution < 1.29 is 9.53 Å². The number of guanidine groups is 1. The summed E-state index contributed by atoms with van der Waals surface area (Å²) in [6, 6.07) is -0.0693. The Morgan fingerprint density at radius 3 is 2.26 bits per heavy atom. The predicted molar refractivity (Wildman–Crippen MR) is 89.0 cm³/mol. The molecule has 0 aliphatic rings. The second kappa shape index (κ2) is 9.22. The quantitative estimate of drug-likeness (QED) is 0.390. The van der Waals surface area contributed by atoms with Crippen LogP contribution in [0.4, 0.5) is 4.79 Å². The van der Waals surface area contributed by atoms with E-state index in [-0.39, 0.29) is 35.9 Å². The highest BCUT2D eigenvalue weighted by Gasteiger charge is 2.21. The molecule has 0 fully saturated rings. The van der Waals surface area contributed by atoms with E-state index in [4.69, 9.17) is 10.5 Å². The second-order valence-electron chi connectivity index (χ2n) is 5.49. The molecule has 4 N–H and O–H groups in total. The van der Waals surface area contributed by atoms with Gasteiger partial charge in [0.05, 0.1) is 6.04 Å². The van der Waals surface area contributed by atoms with Gasteiger partial charge in [0.2, 0.25) is 0 Å². The highest BCUT2D eigenvalue weighted by molar-refractivity contribution is 14.0. The standard InChI is InChI=1S/C12H26N4O2.HI/c1-8(2)9(7-15-10(13)14-6)16-11(17)18-12(3,4)5;/h8-9H,7H2,1-6H3,(H,16,17)(H3,13,14,15);1H. The van der Waals surface area contributed by atoms with E-state index < -0.39 is 11.7 Å². The number of hydrogen-bond donors (Lipinski definition) is 3. The van der Waals surface area contributed by atoms with Gasteiger partial charge in [-0.2, -0.15) is 0 Å². The molecule has 7 heteroatoms. The Morgan fingerprint density at radius 2 is 1.89 bits per heavy atom. The molecule has 0 aliphatic heterocycles. The smallest absolute Gasteiger partial charge is 0.407 e. The number of amides is 1. The molecule has 0 bridgehead atoms. The van der Waals surface area contributed by atoms with Crippen LogP contribution in [-0.2, 0) is 4.74 Å². The maximum Gasteiger partial charge on any atom is 0.407 e. The third-order valence-corrected chi connectivity index (χ3v) is 2.25. The SMILES string of the molecule is CN=C(N)NCC(NC(=O)OC(C)(C)C)C(C)C.I. The van der Waals surface area contributed by atoms with Crippen molar-refractivity contribution in [3.05, 3.63) is 0 Å². The average molecular weight is 386 g/mol. The summed E-state index contributed by atoms with van der Waals surface area (Å²) in [7, 11) is 1.61. The number of carbonyl (C=O) groups is 1. The minimum atomic E-state index is -0.497. The summed E-state index contributed by atoms with van der Waals surface area (Å²) in [6.07, 6.45) is -0.421. The molecule has 0 aromatic carbocycles. The van der Waals surface area contributed by atoms with Crippen LogP contribution in [0.1, 0.15) is 34.6 Å². The molecular formula is C12H27IN4O2. The molecule has 0 heterocycles. The van der Waals surface area contributed by atoms with Crippen LogP contribution < -0.4 is 16.4 Å². The lowest BCUT2D eigenvalue weighted by Gasteiger charge is -2.26. The molecule has 19 heavy (non-hydrogen) atoms. The van der Waals surface area contributed by atoms with Crippen molar-refractivity contribution in [1.82, 2.24) is 10.6 Å². The summed E-state index contributed by atoms with van der Waals surface area (Å²) in [4.78, 5) is 15.5. The van der Waals surface area contributed by atoms with Crippen molar-refractivity contribution in [3.8, 4) is 0 Å². The molecule has 1 atom stereocenters.